The minimum absolute atomic E-state index is 0.0235. The zero-order chi connectivity index (χ0) is 36.4. The van der Waals surface area contributed by atoms with E-state index < -0.39 is 36.2 Å². The number of aromatic nitrogens is 2. The highest BCUT2D eigenvalue weighted by atomic mass is 19.4. The highest BCUT2D eigenvalue weighted by Crippen LogP contribution is 2.30. The number of benzene rings is 3. The van der Waals surface area contributed by atoms with Gasteiger partial charge in [-0.2, -0.15) is 26.3 Å². The Labute approximate surface area is 266 Å². The summed E-state index contributed by atoms with van der Waals surface area (Å²) < 4.78 is 77.9. The van der Waals surface area contributed by atoms with E-state index in [4.69, 9.17) is 36.7 Å². The van der Waals surface area contributed by atoms with Gasteiger partial charge in [0.05, 0.1) is 11.9 Å². The Bertz CT molecular complexity index is 1730. The summed E-state index contributed by atoms with van der Waals surface area (Å²) in [6.45, 7) is 1.97. The molecule has 256 valence electrons. The van der Waals surface area contributed by atoms with Crippen LogP contribution < -0.4 is 16.8 Å². The largest absolute Gasteiger partial charge is 0.490 e. The van der Waals surface area contributed by atoms with Crippen molar-refractivity contribution < 1.29 is 55.3 Å². The highest BCUT2D eigenvalue weighted by Gasteiger charge is 2.38. The maximum absolute atomic E-state index is 14.4. The second-order valence-electron chi connectivity index (χ2n) is 9.51. The standard InChI is InChI=1S/C26H25FN6O.2C2HF3O2/c1-2-15-11-17(13-18(27)12-15)23(32-19-9-7-16(8-10-19)24(28)29)26-31-14-22(33-26)20-5-3-4-6-21(20)25(30)34;2*3-2(4,5)1(6)7/h3-14,23,32H,2H2,1H3,(H3,28,29)(H2,30,34)(H,31,33);2*(H,6,7). The third-order valence-corrected chi connectivity index (χ3v) is 6.06. The number of amides is 1. The number of nitrogens with zero attached hydrogens (tertiary/aromatic N) is 1. The second-order valence-corrected chi connectivity index (χ2v) is 9.51. The van der Waals surface area contributed by atoms with E-state index in [9.17, 15) is 35.5 Å². The van der Waals surface area contributed by atoms with Gasteiger partial charge in [0.2, 0.25) is 5.91 Å². The fraction of sp³-hybridized carbons (Fsp3) is 0.167. The van der Waals surface area contributed by atoms with E-state index in [2.05, 4.69) is 15.3 Å². The summed E-state index contributed by atoms with van der Waals surface area (Å²) >= 11 is 0. The molecule has 0 saturated carbocycles. The number of amidine groups is 1. The second kappa shape index (κ2) is 16.1. The fourth-order valence-electron chi connectivity index (χ4n) is 3.82. The van der Waals surface area contributed by atoms with Crippen molar-refractivity contribution in [3.63, 3.8) is 0 Å². The molecule has 48 heavy (non-hydrogen) atoms. The number of carboxylic acids is 2. The summed E-state index contributed by atoms with van der Waals surface area (Å²) in [5, 5.41) is 25.2. The lowest BCUT2D eigenvalue weighted by molar-refractivity contribution is -0.193. The van der Waals surface area contributed by atoms with E-state index in [1.165, 1.54) is 12.1 Å². The van der Waals surface area contributed by atoms with Crippen LogP contribution in [0.2, 0.25) is 0 Å². The molecule has 9 N–H and O–H groups in total. The molecule has 4 aromatic rings. The Kier molecular flexibility index (Phi) is 12.8. The van der Waals surface area contributed by atoms with Gasteiger partial charge in [0.1, 0.15) is 23.5 Å². The summed E-state index contributed by atoms with van der Waals surface area (Å²) in [5.41, 5.74) is 15.6. The molecule has 1 unspecified atom stereocenters. The smallest absolute Gasteiger partial charge is 0.475 e. The Morgan fingerprint density at radius 2 is 1.46 bits per heavy atom. The number of rotatable bonds is 8. The summed E-state index contributed by atoms with van der Waals surface area (Å²) in [4.78, 5) is 37.5. The van der Waals surface area contributed by atoms with Crippen molar-refractivity contribution in [2.24, 2.45) is 11.5 Å². The number of halogens is 7. The average Bonchev–Trinajstić information content (AvgIpc) is 3.49. The number of primary amides is 1. The predicted molar refractivity (Wildman–Crippen MR) is 159 cm³/mol. The van der Waals surface area contributed by atoms with Crippen molar-refractivity contribution in [2.75, 3.05) is 5.32 Å². The number of anilines is 1. The summed E-state index contributed by atoms with van der Waals surface area (Å²) in [5.74, 6) is -5.87. The molecule has 0 bridgehead atoms. The molecular weight excluding hydrogens is 657 g/mol. The maximum atomic E-state index is 14.4. The Balaban J connectivity index is 0.000000479. The number of nitrogens with one attached hydrogen (secondary N) is 3. The SMILES string of the molecule is CCc1cc(F)cc(C(Nc2ccc(C(=N)N)cc2)c2ncc(-c3ccccc3C(N)=O)[nH]2)c1.O=C(O)C(F)(F)F.O=C(O)C(F)(F)F. The normalized spacial score (nSPS) is 11.6. The molecule has 1 amide bonds. The Morgan fingerprint density at radius 1 is 0.917 bits per heavy atom. The molecule has 0 saturated heterocycles. The number of carboxylic acid groups (broad SMARTS) is 2. The zero-order valence-electron chi connectivity index (χ0n) is 24.6. The zero-order valence-corrected chi connectivity index (χ0v) is 24.6. The molecule has 1 heterocycles. The predicted octanol–water partition coefficient (Wildman–Crippen LogP) is 5.63. The molecule has 1 atom stereocenters. The number of nitrogens with two attached hydrogens (primary N) is 2. The summed E-state index contributed by atoms with van der Waals surface area (Å²) in [7, 11) is 0. The van der Waals surface area contributed by atoms with E-state index in [1.807, 2.05) is 19.1 Å². The first-order valence-electron chi connectivity index (χ1n) is 13.3. The number of aromatic amines is 1. The van der Waals surface area contributed by atoms with Crippen LogP contribution >= 0.6 is 0 Å². The van der Waals surface area contributed by atoms with Crippen molar-refractivity contribution in [3.8, 4) is 11.3 Å². The van der Waals surface area contributed by atoms with Crippen LogP contribution in [0.3, 0.4) is 0 Å². The van der Waals surface area contributed by atoms with E-state index in [1.54, 1.807) is 48.7 Å². The van der Waals surface area contributed by atoms with Gasteiger partial charge in [0, 0.05) is 22.4 Å². The average molecular weight is 685 g/mol. The number of nitrogen functional groups attached to an aromatic ring is 1. The number of hydrogen-bond donors (Lipinski definition) is 7. The van der Waals surface area contributed by atoms with Crippen molar-refractivity contribution in [1.82, 2.24) is 9.97 Å². The van der Waals surface area contributed by atoms with Crippen molar-refractivity contribution in [2.45, 2.75) is 31.7 Å². The van der Waals surface area contributed by atoms with Gasteiger partial charge in [-0.05, 0) is 60.0 Å². The molecular formula is C30H27F7N6O5. The first-order chi connectivity index (χ1) is 22.2. The summed E-state index contributed by atoms with van der Waals surface area (Å²) in [6, 6.07) is 18.5. The van der Waals surface area contributed by atoms with Crippen LogP contribution in [0.1, 0.15) is 45.8 Å². The van der Waals surface area contributed by atoms with Gasteiger partial charge in [-0.15, -0.1) is 0 Å². The molecule has 0 radical (unpaired) electrons. The number of H-pyrrole nitrogens is 1. The molecule has 0 aliphatic rings. The lowest BCUT2D eigenvalue weighted by atomic mass is 10.0. The van der Waals surface area contributed by atoms with Crippen LogP contribution in [0, 0.1) is 11.2 Å². The third kappa shape index (κ3) is 11.1. The van der Waals surface area contributed by atoms with Crippen molar-refractivity contribution >= 4 is 29.4 Å². The Morgan fingerprint density at radius 3 is 1.94 bits per heavy atom. The summed E-state index contributed by atoms with van der Waals surface area (Å²) in [6.07, 6.45) is -7.86. The van der Waals surface area contributed by atoms with Gasteiger partial charge in [-0.25, -0.2) is 19.0 Å². The van der Waals surface area contributed by atoms with Gasteiger partial charge in [0.25, 0.3) is 0 Å². The van der Waals surface area contributed by atoms with Crippen LogP contribution in [0.25, 0.3) is 11.3 Å². The number of alkyl halides is 6. The van der Waals surface area contributed by atoms with Gasteiger partial charge in [0.15, 0.2) is 0 Å². The van der Waals surface area contributed by atoms with Crippen LogP contribution in [0.5, 0.6) is 0 Å². The van der Waals surface area contributed by atoms with Crippen LogP contribution in [-0.2, 0) is 16.0 Å². The molecule has 3 aromatic carbocycles. The molecule has 0 aliphatic carbocycles. The van der Waals surface area contributed by atoms with Gasteiger partial charge in [-0.3, -0.25) is 10.2 Å². The van der Waals surface area contributed by atoms with Crippen molar-refractivity contribution in [3.05, 3.63) is 107 Å². The van der Waals surface area contributed by atoms with Gasteiger partial charge >= 0.3 is 24.3 Å². The quantitative estimate of drug-likeness (QED) is 0.0701. The van der Waals surface area contributed by atoms with E-state index >= 15 is 0 Å². The van der Waals surface area contributed by atoms with Gasteiger partial charge in [-0.1, -0.05) is 31.2 Å². The van der Waals surface area contributed by atoms with Crippen LogP contribution in [-0.4, -0.2) is 56.2 Å². The molecule has 4 rings (SSSR count). The molecule has 0 fully saturated rings. The lowest BCUT2D eigenvalue weighted by Crippen LogP contribution is -2.21. The van der Waals surface area contributed by atoms with Crippen LogP contribution in [0.15, 0.2) is 72.9 Å². The highest BCUT2D eigenvalue weighted by molar-refractivity contribution is 5.99. The monoisotopic (exact) mass is 684 g/mol. The number of hydrogen-bond acceptors (Lipinski definition) is 6. The number of carbonyl (C=O) groups excluding carboxylic acids is 1. The molecule has 18 heteroatoms. The van der Waals surface area contributed by atoms with E-state index in [0.29, 0.717) is 40.2 Å². The van der Waals surface area contributed by atoms with Crippen molar-refractivity contribution in [1.29, 1.82) is 5.41 Å². The third-order valence-electron chi connectivity index (χ3n) is 6.06. The lowest BCUT2D eigenvalue weighted by Gasteiger charge is -2.20. The minimum atomic E-state index is -5.08. The maximum Gasteiger partial charge on any atom is 0.490 e. The number of imidazole rings is 1. The first-order valence-corrected chi connectivity index (χ1v) is 13.3. The molecule has 11 nitrogen and oxygen atoms in total. The molecule has 0 spiro atoms. The number of carbonyl (C=O) groups is 3. The minimum Gasteiger partial charge on any atom is -0.475 e. The molecule has 0 aliphatic heterocycles. The van der Waals surface area contributed by atoms with Gasteiger partial charge < -0.3 is 32.0 Å². The first kappa shape index (κ1) is 38.2. The van der Waals surface area contributed by atoms with Crippen LogP contribution in [0.4, 0.5) is 36.4 Å². The molecule has 1 aromatic heterocycles. The Hall–Kier alpha value is -5.94. The topological polar surface area (TPSA) is 208 Å². The van der Waals surface area contributed by atoms with E-state index in [0.717, 1.165) is 11.3 Å². The number of aryl methyl sites for hydroxylation is 1. The fourth-order valence-corrected chi connectivity index (χ4v) is 3.82. The van der Waals surface area contributed by atoms with E-state index in [-0.39, 0.29) is 11.7 Å². The number of aliphatic carboxylic acids is 2.